The minimum atomic E-state index is -1.07. The molecule has 0 fully saturated rings. The summed E-state index contributed by atoms with van der Waals surface area (Å²) in [6.45, 7) is 2.29. The van der Waals surface area contributed by atoms with Crippen molar-refractivity contribution in [3.05, 3.63) is 41.4 Å². The number of carboxylic acid groups (broad SMARTS) is 1. The Balaban J connectivity index is 1.67. The summed E-state index contributed by atoms with van der Waals surface area (Å²) in [5.74, 6) is -0.909. The van der Waals surface area contributed by atoms with Crippen molar-refractivity contribution in [1.29, 1.82) is 0 Å². The first-order valence-corrected chi connectivity index (χ1v) is 11.9. The molecule has 9 nitrogen and oxygen atoms in total. The van der Waals surface area contributed by atoms with E-state index in [-0.39, 0.29) is 11.6 Å². The van der Waals surface area contributed by atoms with Crippen molar-refractivity contribution in [3.63, 3.8) is 0 Å². The van der Waals surface area contributed by atoms with E-state index in [0.29, 0.717) is 27.1 Å². The zero-order valence-corrected chi connectivity index (χ0v) is 18.9. The molecule has 12 heteroatoms. The van der Waals surface area contributed by atoms with E-state index in [1.807, 2.05) is 37.3 Å². The molecule has 0 radical (unpaired) electrons. The molecule has 0 atom stereocenters. The van der Waals surface area contributed by atoms with Gasteiger partial charge in [-0.15, -0.1) is 34.0 Å². The first-order chi connectivity index (χ1) is 15.5. The fourth-order valence-electron chi connectivity index (χ4n) is 3.01. The molecule has 1 aromatic carbocycles. The van der Waals surface area contributed by atoms with Gasteiger partial charge in [-0.2, -0.15) is 0 Å². The summed E-state index contributed by atoms with van der Waals surface area (Å²) < 4.78 is 1.02. The monoisotopic (exact) mass is 482 g/mol. The average Bonchev–Trinajstić information content (AvgIpc) is 3.50. The van der Waals surface area contributed by atoms with Gasteiger partial charge in [-0.05, 0) is 25.1 Å². The number of aromatic carboxylic acids is 1. The Labute approximate surface area is 192 Å². The number of nitrogens with one attached hydrogen (secondary N) is 2. The van der Waals surface area contributed by atoms with Gasteiger partial charge in [0, 0.05) is 17.3 Å². The Kier molecular flexibility index (Phi) is 5.25. The summed E-state index contributed by atoms with van der Waals surface area (Å²) in [6, 6.07) is 9.29. The van der Waals surface area contributed by atoms with Crippen LogP contribution in [0.1, 0.15) is 17.4 Å². The molecule has 160 valence electrons. The largest absolute Gasteiger partial charge is 0.476 e. The summed E-state index contributed by atoms with van der Waals surface area (Å²) in [5, 5.41) is 18.1. The summed E-state index contributed by atoms with van der Waals surface area (Å²) in [6.07, 6.45) is 0. The Morgan fingerprint density at radius 3 is 2.66 bits per heavy atom. The van der Waals surface area contributed by atoms with Gasteiger partial charge in [-0.1, -0.05) is 12.1 Å². The first kappa shape index (κ1) is 20.4. The molecule has 3 N–H and O–H groups in total. The van der Waals surface area contributed by atoms with E-state index in [0.717, 1.165) is 20.5 Å². The Hall–Kier alpha value is -3.48. The Morgan fingerprint density at radius 2 is 1.91 bits per heavy atom. The molecule has 32 heavy (non-hydrogen) atoms. The first-order valence-electron chi connectivity index (χ1n) is 9.43. The van der Waals surface area contributed by atoms with Crippen molar-refractivity contribution in [2.24, 2.45) is 0 Å². The minimum absolute atomic E-state index is 0.00136. The van der Waals surface area contributed by atoms with Gasteiger partial charge < -0.3 is 10.4 Å². The lowest BCUT2D eigenvalue weighted by Gasteiger charge is -2.06. The van der Waals surface area contributed by atoms with Gasteiger partial charge in [0.1, 0.15) is 20.5 Å². The maximum Gasteiger partial charge on any atom is 0.355 e. The van der Waals surface area contributed by atoms with E-state index in [9.17, 15) is 14.7 Å². The number of para-hydroxylation sites is 1. The normalized spacial score (nSPS) is 11.2. The van der Waals surface area contributed by atoms with Crippen LogP contribution in [0, 0.1) is 0 Å². The zero-order valence-electron chi connectivity index (χ0n) is 16.4. The number of thiazole rings is 2. The summed E-state index contributed by atoms with van der Waals surface area (Å²) in [5.41, 5.74) is 1.46. The van der Waals surface area contributed by atoms with Crippen molar-refractivity contribution in [1.82, 2.24) is 25.3 Å². The maximum atomic E-state index is 12.1. The molecule has 0 saturated heterocycles. The maximum absolute atomic E-state index is 12.1. The zero-order chi connectivity index (χ0) is 22.2. The number of fused-ring (bicyclic) bond motifs is 2. The van der Waals surface area contributed by atoms with E-state index in [2.05, 4.69) is 25.6 Å². The number of aromatic nitrogens is 4. The lowest BCUT2D eigenvalue weighted by molar-refractivity contribution is 0.0691. The van der Waals surface area contributed by atoms with E-state index < -0.39 is 12.0 Å². The number of urea groups is 1. The number of carboxylic acids is 1. The highest BCUT2D eigenvalue weighted by Crippen LogP contribution is 2.40. The highest BCUT2D eigenvalue weighted by Gasteiger charge is 2.20. The van der Waals surface area contributed by atoms with Crippen LogP contribution in [0.2, 0.25) is 0 Å². The number of rotatable bonds is 5. The number of nitrogens with zero attached hydrogens (tertiary/aromatic N) is 4. The molecule has 0 saturated carbocycles. The predicted octanol–water partition coefficient (Wildman–Crippen LogP) is 4.93. The smallest absolute Gasteiger partial charge is 0.355 e. The van der Waals surface area contributed by atoms with E-state index in [1.54, 1.807) is 0 Å². The second-order valence-electron chi connectivity index (χ2n) is 6.54. The second-order valence-corrected chi connectivity index (χ2v) is 9.46. The van der Waals surface area contributed by atoms with Gasteiger partial charge in [0.25, 0.3) is 0 Å². The van der Waals surface area contributed by atoms with Crippen LogP contribution in [-0.2, 0) is 0 Å². The van der Waals surface area contributed by atoms with Crippen LogP contribution in [0.3, 0.4) is 0 Å². The Bertz CT molecular complexity index is 1460. The molecule has 0 aliphatic heterocycles. The van der Waals surface area contributed by atoms with Crippen LogP contribution in [0.25, 0.3) is 41.0 Å². The molecule has 0 aliphatic carbocycles. The molecular formula is C20H14N6O3S3. The van der Waals surface area contributed by atoms with Crippen molar-refractivity contribution >= 4 is 72.4 Å². The van der Waals surface area contributed by atoms with Crippen LogP contribution in [-0.4, -0.2) is 43.6 Å². The predicted molar refractivity (Wildman–Crippen MR) is 127 cm³/mol. The second kappa shape index (κ2) is 8.22. The number of benzene rings is 1. The highest BCUT2D eigenvalue weighted by atomic mass is 32.1. The van der Waals surface area contributed by atoms with Crippen LogP contribution in [0.4, 0.5) is 10.7 Å². The lowest BCUT2D eigenvalue weighted by Crippen LogP contribution is -2.29. The molecule has 4 aromatic heterocycles. The fourth-order valence-corrected chi connectivity index (χ4v) is 5.87. The average molecular weight is 483 g/mol. The molecular weight excluding hydrogens is 468 g/mol. The number of carbonyl (C=O) groups is 2. The third-order valence-electron chi connectivity index (χ3n) is 4.39. The van der Waals surface area contributed by atoms with E-state index in [1.165, 1.54) is 39.4 Å². The minimum Gasteiger partial charge on any atom is -0.476 e. The van der Waals surface area contributed by atoms with Gasteiger partial charge in [0.05, 0.1) is 15.1 Å². The molecule has 0 aliphatic rings. The van der Waals surface area contributed by atoms with Crippen LogP contribution in [0.15, 0.2) is 35.7 Å². The molecule has 2 amide bonds. The number of thiophene rings is 1. The third-order valence-corrected chi connectivity index (χ3v) is 7.47. The molecule has 0 bridgehead atoms. The molecule has 0 unspecified atom stereocenters. The topological polar surface area (TPSA) is 130 Å². The SMILES string of the molecule is CCNC(=O)Nc1nc(-c2nc3ccccc3s2)c2cc(-c3nc(C(=O)O)cs3)sc2n1. The molecule has 4 heterocycles. The Morgan fingerprint density at radius 1 is 1.06 bits per heavy atom. The summed E-state index contributed by atoms with van der Waals surface area (Å²) >= 11 is 4.11. The fraction of sp³-hybridized carbons (Fsp3) is 0.100. The van der Waals surface area contributed by atoms with Crippen molar-refractivity contribution in [2.75, 3.05) is 11.9 Å². The number of hydrogen-bond acceptors (Lipinski definition) is 9. The summed E-state index contributed by atoms with van der Waals surface area (Å²) in [7, 11) is 0. The van der Waals surface area contributed by atoms with Crippen LogP contribution < -0.4 is 10.6 Å². The molecule has 5 aromatic rings. The number of anilines is 1. The standard InChI is InChI=1S/C20H14N6O3S3/c1-2-21-20(29)26-19-24-14(17-22-10-5-3-4-6-12(10)31-17)9-7-13(32-15(9)25-19)16-23-11(8-30-16)18(27)28/h3-8H,2H2,1H3,(H,27,28)(H2,21,24,25,26,29). The van der Waals surface area contributed by atoms with Crippen LogP contribution >= 0.6 is 34.0 Å². The number of hydrogen-bond donors (Lipinski definition) is 3. The van der Waals surface area contributed by atoms with Gasteiger partial charge in [0.15, 0.2) is 5.69 Å². The third kappa shape index (κ3) is 3.79. The van der Waals surface area contributed by atoms with Crippen molar-refractivity contribution in [2.45, 2.75) is 6.92 Å². The van der Waals surface area contributed by atoms with Crippen LogP contribution in [0.5, 0.6) is 0 Å². The lowest BCUT2D eigenvalue weighted by atomic mass is 10.2. The number of amides is 2. The van der Waals surface area contributed by atoms with Crippen molar-refractivity contribution in [3.8, 4) is 20.6 Å². The highest BCUT2D eigenvalue weighted by molar-refractivity contribution is 7.25. The van der Waals surface area contributed by atoms with Gasteiger partial charge in [-0.3, -0.25) is 5.32 Å². The van der Waals surface area contributed by atoms with E-state index >= 15 is 0 Å². The van der Waals surface area contributed by atoms with Gasteiger partial charge in [-0.25, -0.2) is 29.5 Å². The van der Waals surface area contributed by atoms with Crippen molar-refractivity contribution < 1.29 is 14.7 Å². The van der Waals surface area contributed by atoms with Gasteiger partial charge >= 0.3 is 12.0 Å². The molecule has 5 rings (SSSR count). The summed E-state index contributed by atoms with van der Waals surface area (Å²) in [4.78, 5) is 42.7. The van der Waals surface area contributed by atoms with Gasteiger partial charge in [0.2, 0.25) is 5.95 Å². The molecule has 0 spiro atoms. The quantitative estimate of drug-likeness (QED) is 0.324. The number of carbonyl (C=O) groups excluding carboxylic acids is 1. The van der Waals surface area contributed by atoms with E-state index in [4.69, 9.17) is 4.98 Å².